The van der Waals surface area contributed by atoms with Crippen LogP contribution in [0.25, 0.3) is 0 Å². The van der Waals surface area contributed by atoms with E-state index in [1.807, 2.05) is 12.1 Å². The first-order chi connectivity index (χ1) is 5.74. The van der Waals surface area contributed by atoms with Gasteiger partial charge in [0, 0.05) is 6.42 Å². The molecule has 0 radical (unpaired) electrons. The van der Waals surface area contributed by atoms with Crippen LogP contribution in [0.15, 0.2) is 22.7 Å². The van der Waals surface area contributed by atoms with Gasteiger partial charge in [0.15, 0.2) is 0 Å². The number of terminal acetylenes is 1. The zero-order chi connectivity index (χ0) is 8.97. The highest BCUT2D eigenvalue weighted by molar-refractivity contribution is 9.10. The van der Waals surface area contributed by atoms with E-state index in [-0.39, 0.29) is 5.75 Å². The summed E-state index contributed by atoms with van der Waals surface area (Å²) in [5, 5.41) is 9.18. The third-order valence-electron chi connectivity index (χ3n) is 1.57. The molecule has 0 spiro atoms. The van der Waals surface area contributed by atoms with Crippen molar-refractivity contribution in [2.75, 3.05) is 0 Å². The monoisotopic (exact) mass is 224 g/mol. The lowest BCUT2D eigenvalue weighted by atomic mass is 10.1. The molecule has 0 amide bonds. The molecule has 0 bridgehead atoms. The van der Waals surface area contributed by atoms with Crippen LogP contribution in [-0.2, 0) is 6.42 Å². The smallest absolute Gasteiger partial charge is 0.129 e. The number of hydrogen-bond acceptors (Lipinski definition) is 1. The molecule has 0 aliphatic heterocycles. The Morgan fingerprint density at radius 1 is 1.50 bits per heavy atom. The molecule has 0 aromatic heterocycles. The van der Waals surface area contributed by atoms with E-state index in [4.69, 9.17) is 6.42 Å². The van der Waals surface area contributed by atoms with E-state index >= 15 is 0 Å². The van der Waals surface area contributed by atoms with Crippen molar-refractivity contribution in [1.82, 2.24) is 0 Å². The van der Waals surface area contributed by atoms with Gasteiger partial charge >= 0.3 is 0 Å². The fourth-order valence-corrected chi connectivity index (χ4v) is 1.35. The van der Waals surface area contributed by atoms with Crippen molar-refractivity contribution >= 4 is 15.9 Å². The molecule has 0 saturated heterocycles. The second-order valence-electron chi connectivity index (χ2n) is 2.49. The molecule has 62 valence electrons. The summed E-state index contributed by atoms with van der Waals surface area (Å²) in [6.45, 7) is 0. The minimum Gasteiger partial charge on any atom is -0.507 e. The number of phenols is 1. The van der Waals surface area contributed by atoms with Crippen LogP contribution < -0.4 is 0 Å². The molecule has 12 heavy (non-hydrogen) atoms. The molecular weight excluding hydrogens is 216 g/mol. The minimum atomic E-state index is 0.263. The van der Waals surface area contributed by atoms with Crippen LogP contribution in [-0.4, -0.2) is 5.11 Å². The highest BCUT2D eigenvalue weighted by Gasteiger charge is 1.98. The molecule has 1 nitrogen and oxygen atoms in total. The van der Waals surface area contributed by atoms with E-state index in [0.29, 0.717) is 0 Å². The summed E-state index contributed by atoms with van der Waals surface area (Å²) in [6.07, 6.45) is 6.72. The maximum Gasteiger partial charge on any atom is 0.129 e. The Morgan fingerprint density at radius 3 is 2.83 bits per heavy atom. The number of hydrogen-bond donors (Lipinski definition) is 1. The van der Waals surface area contributed by atoms with Crippen LogP contribution in [0.4, 0.5) is 0 Å². The molecule has 0 heterocycles. The van der Waals surface area contributed by atoms with Crippen molar-refractivity contribution in [2.24, 2.45) is 0 Å². The molecule has 0 aliphatic carbocycles. The second-order valence-corrected chi connectivity index (χ2v) is 3.34. The van der Waals surface area contributed by atoms with Gasteiger partial charge in [0.2, 0.25) is 0 Å². The summed E-state index contributed by atoms with van der Waals surface area (Å²) in [4.78, 5) is 0. The lowest BCUT2D eigenvalue weighted by Crippen LogP contribution is -1.82. The molecule has 1 aromatic rings. The molecular formula is C10H9BrO. The van der Waals surface area contributed by atoms with Gasteiger partial charge in [0.05, 0.1) is 4.47 Å². The van der Waals surface area contributed by atoms with Crippen molar-refractivity contribution in [1.29, 1.82) is 0 Å². The fraction of sp³-hybridized carbons (Fsp3) is 0.200. The topological polar surface area (TPSA) is 20.2 Å². The number of benzene rings is 1. The minimum absolute atomic E-state index is 0.263. The molecule has 0 aliphatic rings. The zero-order valence-corrected chi connectivity index (χ0v) is 8.13. The molecule has 0 unspecified atom stereocenters. The Labute approximate surface area is 80.6 Å². The van der Waals surface area contributed by atoms with E-state index in [1.165, 1.54) is 0 Å². The maximum absolute atomic E-state index is 9.18. The van der Waals surface area contributed by atoms with Crippen molar-refractivity contribution < 1.29 is 5.11 Å². The predicted octanol–water partition coefficient (Wildman–Crippen LogP) is 2.72. The molecule has 1 rings (SSSR count). The van der Waals surface area contributed by atoms with Gasteiger partial charge in [0.25, 0.3) is 0 Å². The van der Waals surface area contributed by atoms with Crippen LogP contribution in [0.1, 0.15) is 12.0 Å². The zero-order valence-electron chi connectivity index (χ0n) is 6.55. The average molecular weight is 225 g/mol. The number of rotatable bonds is 2. The van der Waals surface area contributed by atoms with Gasteiger partial charge in [-0.25, -0.2) is 0 Å². The second kappa shape index (κ2) is 4.18. The summed E-state index contributed by atoms with van der Waals surface area (Å²) in [7, 11) is 0. The molecule has 0 saturated carbocycles. The summed E-state index contributed by atoms with van der Waals surface area (Å²) in [6, 6.07) is 5.42. The standard InChI is InChI=1S/C10H9BrO/c1-2-3-4-8-5-6-10(12)9(11)7-8/h1,5-7,12H,3-4H2. The quantitative estimate of drug-likeness (QED) is 0.767. The van der Waals surface area contributed by atoms with E-state index in [0.717, 1.165) is 22.9 Å². The summed E-state index contributed by atoms with van der Waals surface area (Å²) < 4.78 is 0.719. The van der Waals surface area contributed by atoms with E-state index in [1.54, 1.807) is 6.07 Å². The predicted molar refractivity (Wildman–Crippen MR) is 53.0 cm³/mol. The summed E-state index contributed by atoms with van der Waals surface area (Å²) in [5.74, 6) is 2.84. The van der Waals surface area contributed by atoms with Crippen molar-refractivity contribution in [3.63, 3.8) is 0 Å². The maximum atomic E-state index is 9.18. The first kappa shape index (κ1) is 9.15. The number of halogens is 1. The lowest BCUT2D eigenvalue weighted by molar-refractivity contribution is 0.471. The average Bonchev–Trinajstić information content (AvgIpc) is 2.07. The van der Waals surface area contributed by atoms with E-state index in [2.05, 4.69) is 21.9 Å². The highest BCUT2D eigenvalue weighted by Crippen LogP contribution is 2.24. The van der Waals surface area contributed by atoms with E-state index < -0.39 is 0 Å². The number of aromatic hydroxyl groups is 1. The van der Waals surface area contributed by atoms with Gasteiger partial charge in [-0.3, -0.25) is 0 Å². The van der Waals surface area contributed by atoms with Crippen LogP contribution in [0.5, 0.6) is 5.75 Å². The SMILES string of the molecule is C#CCCc1ccc(O)c(Br)c1. The summed E-state index contributed by atoms with van der Waals surface area (Å²) in [5.41, 5.74) is 1.14. The Kier molecular flexibility index (Phi) is 3.19. The van der Waals surface area contributed by atoms with Crippen molar-refractivity contribution in [3.05, 3.63) is 28.2 Å². The van der Waals surface area contributed by atoms with E-state index in [9.17, 15) is 5.11 Å². The Hall–Kier alpha value is -0.940. The van der Waals surface area contributed by atoms with Gasteiger partial charge < -0.3 is 5.11 Å². The Morgan fingerprint density at radius 2 is 2.25 bits per heavy atom. The van der Waals surface area contributed by atoms with Crippen LogP contribution >= 0.6 is 15.9 Å². The van der Waals surface area contributed by atoms with Crippen LogP contribution in [0, 0.1) is 12.3 Å². The normalized spacial score (nSPS) is 9.33. The largest absolute Gasteiger partial charge is 0.507 e. The summed E-state index contributed by atoms with van der Waals surface area (Å²) >= 11 is 3.24. The molecule has 0 fully saturated rings. The van der Waals surface area contributed by atoms with Gasteiger partial charge in [0.1, 0.15) is 5.75 Å². The van der Waals surface area contributed by atoms with Crippen molar-refractivity contribution in [2.45, 2.75) is 12.8 Å². The van der Waals surface area contributed by atoms with Gasteiger partial charge in [-0.05, 0) is 40.0 Å². The third-order valence-corrected chi connectivity index (χ3v) is 2.21. The fourth-order valence-electron chi connectivity index (χ4n) is 0.922. The number of phenolic OH excluding ortho intramolecular Hbond substituents is 1. The molecule has 1 aromatic carbocycles. The lowest BCUT2D eigenvalue weighted by Gasteiger charge is -2.00. The van der Waals surface area contributed by atoms with Gasteiger partial charge in [-0.2, -0.15) is 0 Å². The van der Waals surface area contributed by atoms with Crippen LogP contribution in [0.2, 0.25) is 0 Å². The van der Waals surface area contributed by atoms with Gasteiger partial charge in [-0.1, -0.05) is 6.07 Å². The van der Waals surface area contributed by atoms with Gasteiger partial charge in [-0.15, -0.1) is 12.3 Å². The Bertz CT molecular complexity index is 312. The van der Waals surface area contributed by atoms with Crippen LogP contribution in [0.3, 0.4) is 0 Å². The molecule has 1 N–H and O–H groups in total. The third kappa shape index (κ3) is 2.28. The highest BCUT2D eigenvalue weighted by atomic mass is 79.9. The Balaban J connectivity index is 2.77. The number of aryl methyl sites for hydroxylation is 1. The van der Waals surface area contributed by atoms with Crippen molar-refractivity contribution in [3.8, 4) is 18.1 Å². The first-order valence-electron chi connectivity index (χ1n) is 3.65. The molecule has 2 heteroatoms. The first-order valence-corrected chi connectivity index (χ1v) is 4.44. The molecule has 0 atom stereocenters.